The van der Waals surface area contributed by atoms with Gasteiger partial charge in [0.15, 0.2) is 0 Å². The highest BCUT2D eigenvalue weighted by Gasteiger charge is 2.33. The fraction of sp³-hybridized carbons (Fsp3) is 0.357. The molecule has 7 nitrogen and oxygen atoms in total. The first-order valence-corrected chi connectivity index (χ1v) is 6.61. The van der Waals surface area contributed by atoms with Crippen LogP contribution in [0.2, 0.25) is 0 Å². The number of amides is 3. The van der Waals surface area contributed by atoms with Crippen molar-refractivity contribution in [1.82, 2.24) is 4.90 Å². The number of anilines is 1. The molecule has 21 heavy (non-hydrogen) atoms. The van der Waals surface area contributed by atoms with E-state index in [9.17, 15) is 14.4 Å². The van der Waals surface area contributed by atoms with Gasteiger partial charge in [-0.3, -0.25) is 14.5 Å². The molecule has 1 aromatic carbocycles. The van der Waals surface area contributed by atoms with E-state index in [2.05, 4.69) is 0 Å². The highest BCUT2D eigenvalue weighted by molar-refractivity contribution is 5.96. The fourth-order valence-corrected chi connectivity index (χ4v) is 2.35. The van der Waals surface area contributed by atoms with E-state index >= 15 is 0 Å². The molecule has 1 fully saturated rings. The molecule has 1 saturated heterocycles. The zero-order chi connectivity index (χ0) is 15.4. The van der Waals surface area contributed by atoms with Crippen molar-refractivity contribution in [3.63, 3.8) is 0 Å². The predicted molar refractivity (Wildman–Crippen MR) is 75.7 cm³/mol. The van der Waals surface area contributed by atoms with Crippen molar-refractivity contribution in [1.29, 1.82) is 0 Å². The minimum atomic E-state index is -1.10. The maximum atomic E-state index is 12.5. The Bertz CT molecular complexity index is 546. The first-order valence-electron chi connectivity index (χ1n) is 6.61. The van der Waals surface area contributed by atoms with Gasteiger partial charge in [-0.2, -0.15) is 0 Å². The van der Waals surface area contributed by atoms with Gasteiger partial charge in [-0.1, -0.05) is 18.2 Å². The normalized spacial score (nSPS) is 17.5. The number of para-hydroxylation sites is 1. The Labute approximate surface area is 121 Å². The number of rotatable bonds is 4. The monoisotopic (exact) mass is 291 g/mol. The molecular formula is C14H17N3O4. The number of aliphatic carboxylic acids is 1. The van der Waals surface area contributed by atoms with Crippen molar-refractivity contribution in [2.24, 2.45) is 11.7 Å². The first-order chi connectivity index (χ1) is 9.99. The Morgan fingerprint density at radius 2 is 1.95 bits per heavy atom. The van der Waals surface area contributed by atoms with E-state index < -0.39 is 24.5 Å². The van der Waals surface area contributed by atoms with Gasteiger partial charge in [0.1, 0.15) is 6.54 Å². The lowest BCUT2D eigenvalue weighted by Crippen LogP contribution is -2.45. The fourth-order valence-electron chi connectivity index (χ4n) is 2.35. The molecule has 3 amide bonds. The zero-order valence-electron chi connectivity index (χ0n) is 11.4. The highest BCUT2D eigenvalue weighted by atomic mass is 16.4. The molecule has 3 N–H and O–H groups in total. The number of nitrogens with zero attached hydrogens (tertiary/aromatic N) is 2. The van der Waals surface area contributed by atoms with E-state index in [-0.39, 0.29) is 12.5 Å². The average molecular weight is 291 g/mol. The highest BCUT2D eigenvalue weighted by Crippen LogP contribution is 2.21. The molecule has 0 aliphatic carbocycles. The second-order valence-corrected chi connectivity index (χ2v) is 4.93. The van der Waals surface area contributed by atoms with Crippen LogP contribution in [0.15, 0.2) is 30.3 Å². The number of hydrogen-bond donors (Lipinski definition) is 2. The molecular weight excluding hydrogens is 274 g/mol. The number of carboxylic acid groups (broad SMARTS) is 1. The van der Waals surface area contributed by atoms with Crippen LogP contribution in [0.1, 0.15) is 6.42 Å². The summed E-state index contributed by atoms with van der Waals surface area (Å²) in [6.07, 6.45) is 0.511. The van der Waals surface area contributed by atoms with Gasteiger partial charge in [-0.05, 0) is 18.6 Å². The summed E-state index contributed by atoms with van der Waals surface area (Å²) in [7, 11) is 0. The van der Waals surface area contributed by atoms with E-state index in [1.54, 1.807) is 30.3 Å². The van der Waals surface area contributed by atoms with Crippen molar-refractivity contribution in [2.45, 2.75) is 6.42 Å². The van der Waals surface area contributed by atoms with E-state index in [0.717, 1.165) is 0 Å². The number of primary amides is 1. The molecule has 1 unspecified atom stereocenters. The number of nitrogens with two attached hydrogens (primary N) is 1. The number of likely N-dealkylation sites (tertiary alicyclic amines) is 1. The van der Waals surface area contributed by atoms with Crippen LogP contribution in [0.4, 0.5) is 10.5 Å². The Hall–Kier alpha value is -2.57. The molecule has 7 heteroatoms. The van der Waals surface area contributed by atoms with E-state index in [1.165, 1.54) is 9.80 Å². The number of urea groups is 1. The van der Waals surface area contributed by atoms with Gasteiger partial charge < -0.3 is 15.7 Å². The summed E-state index contributed by atoms with van der Waals surface area (Å²) < 4.78 is 0. The first kappa shape index (κ1) is 14.8. The molecule has 1 aliphatic rings. The Morgan fingerprint density at radius 1 is 1.29 bits per heavy atom. The molecule has 1 aliphatic heterocycles. The number of carbonyl (C=O) groups is 3. The number of carbonyl (C=O) groups excluding carboxylic acids is 2. The van der Waals surface area contributed by atoms with Crippen LogP contribution in [-0.4, -0.2) is 47.5 Å². The van der Waals surface area contributed by atoms with Gasteiger partial charge in [0.2, 0.25) is 5.91 Å². The molecule has 112 valence electrons. The van der Waals surface area contributed by atoms with E-state index in [1.807, 2.05) is 0 Å². The summed E-state index contributed by atoms with van der Waals surface area (Å²) in [5.74, 6) is -1.90. The van der Waals surface area contributed by atoms with Gasteiger partial charge >= 0.3 is 12.0 Å². The van der Waals surface area contributed by atoms with Crippen LogP contribution in [0.25, 0.3) is 0 Å². The van der Waals surface area contributed by atoms with Gasteiger partial charge in [0, 0.05) is 18.8 Å². The summed E-state index contributed by atoms with van der Waals surface area (Å²) in [5, 5.41) is 8.99. The van der Waals surface area contributed by atoms with Gasteiger partial charge in [-0.15, -0.1) is 0 Å². The lowest BCUT2D eigenvalue weighted by atomic mass is 10.1. The number of hydrogen-bond acceptors (Lipinski definition) is 3. The maximum absolute atomic E-state index is 12.5. The summed E-state index contributed by atoms with van der Waals surface area (Å²) in [5.41, 5.74) is 5.75. The largest absolute Gasteiger partial charge is 0.480 e. The lowest BCUT2D eigenvalue weighted by molar-refractivity contribution is -0.135. The third kappa shape index (κ3) is 3.50. The van der Waals surface area contributed by atoms with Crippen molar-refractivity contribution < 1.29 is 19.5 Å². The SMILES string of the molecule is NC(=O)C1CCN(C(=O)N(CC(=O)O)c2ccccc2)C1. The Kier molecular flexibility index (Phi) is 4.42. The summed E-state index contributed by atoms with van der Waals surface area (Å²) in [6, 6.07) is 8.16. The second-order valence-electron chi connectivity index (χ2n) is 4.93. The number of carboxylic acids is 1. The van der Waals surface area contributed by atoms with Crippen molar-refractivity contribution >= 4 is 23.6 Å². The molecule has 0 aromatic heterocycles. The molecule has 1 heterocycles. The van der Waals surface area contributed by atoms with Crippen LogP contribution in [0.5, 0.6) is 0 Å². The molecule has 0 spiro atoms. The minimum absolute atomic E-state index is 0.233. The van der Waals surface area contributed by atoms with Crippen LogP contribution >= 0.6 is 0 Å². The molecule has 2 rings (SSSR count). The molecule has 0 bridgehead atoms. The maximum Gasteiger partial charge on any atom is 0.325 e. The summed E-state index contributed by atoms with van der Waals surface area (Å²) >= 11 is 0. The Morgan fingerprint density at radius 3 is 2.48 bits per heavy atom. The Balaban J connectivity index is 2.16. The quantitative estimate of drug-likeness (QED) is 0.843. The van der Waals surface area contributed by atoms with Gasteiger partial charge in [-0.25, -0.2) is 4.79 Å². The van der Waals surface area contributed by atoms with Crippen LogP contribution < -0.4 is 10.6 Å². The second kappa shape index (κ2) is 6.25. The molecule has 1 aromatic rings. The van der Waals surface area contributed by atoms with Crippen LogP contribution in [0.3, 0.4) is 0 Å². The summed E-state index contributed by atoms with van der Waals surface area (Å²) in [6.45, 7) is 0.201. The molecule has 1 atom stereocenters. The third-order valence-electron chi connectivity index (χ3n) is 3.45. The molecule has 0 radical (unpaired) electrons. The van der Waals surface area contributed by atoms with Gasteiger partial charge in [0.05, 0.1) is 5.92 Å². The van der Waals surface area contributed by atoms with Crippen LogP contribution in [-0.2, 0) is 9.59 Å². The van der Waals surface area contributed by atoms with Gasteiger partial charge in [0.25, 0.3) is 0 Å². The van der Waals surface area contributed by atoms with Crippen molar-refractivity contribution in [3.05, 3.63) is 30.3 Å². The van der Waals surface area contributed by atoms with Crippen molar-refractivity contribution in [2.75, 3.05) is 24.5 Å². The summed E-state index contributed by atoms with van der Waals surface area (Å²) in [4.78, 5) is 37.3. The zero-order valence-corrected chi connectivity index (χ0v) is 11.4. The third-order valence-corrected chi connectivity index (χ3v) is 3.45. The van der Waals surface area contributed by atoms with E-state index in [4.69, 9.17) is 10.8 Å². The lowest BCUT2D eigenvalue weighted by Gasteiger charge is -2.26. The standard InChI is InChI=1S/C14H17N3O4/c15-13(20)10-6-7-16(8-10)14(21)17(9-12(18)19)11-4-2-1-3-5-11/h1-5,10H,6-9H2,(H2,15,20)(H,18,19). The topological polar surface area (TPSA) is 104 Å². The average Bonchev–Trinajstić information content (AvgIpc) is 2.95. The smallest absolute Gasteiger partial charge is 0.325 e. The molecule has 0 saturated carbocycles. The van der Waals surface area contributed by atoms with Crippen LogP contribution in [0, 0.1) is 5.92 Å². The van der Waals surface area contributed by atoms with E-state index in [0.29, 0.717) is 18.7 Å². The van der Waals surface area contributed by atoms with Crippen molar-refractivity contribution in [3.8, 4) is 0 Å². The minimum Gasteiger partial charge on any atom is -0.480 e. The predicted octanol–water partition coefficient (Wildman–Crippen LogP) is 0.505. The number of benzene rings is 1.